The number of carboxylic acids is 1. The van der Waals surface area contributed by atoms with Crippen LogP contribution in [-0.4, -0.2) is 26.8 Å². The number of carbonyl (C=O) groups is 1. The van der Waals surface area contributed by atoms with Gasteiger partial charge in [0, 0.05) is 18.0 Å². The van der Waals surface area contributed by atoms with Crippen LogP contribution < -0.4 is 0 Å². The second kappa shape index (κ2) is 3.10. The van der Waals surface area contributed by atoms with Crippen LogP contribution in [0.15, 0.2) is 29.6 Å². The van der Waals surface area contributed by atoms with Crippen LogP contribution in [-0.2, 0) is 11.2 Å². The lowest BCUT2D eigenvalue weighted by atomic mass is 10.1. The Bertz CT molecular complexity index is 634. The highest BCUT2D eigenvalue weighted by Crippen LogP contribution is 2.31. The van der Waals surface area contributed by atoms with Crippen molar-refractivity contribution < 1.29 is 9.90 Å². The van der Waals surface area contributed by atoms with Crippen molar-refractivity contribution in [1.82, 2.24) is 9.97 Å². The van der Waals surface area contributed by atoms with E-state index in [1.54, 1.807) is 18.6 Å². The fourth-order valence-electron chi connectivity index (χ4n) is 1.85. The van der Waals surface area contributed by atoms with E-state index >= 15 is 0 Å². The molecule has 78 valence electrons. The SMILES string of the molecule is O=C(O)C1=Nc2cnc3cnccc3c2C1. The summed E-state index contributed by atoms with van der Waals surface area (Å²) in [7, 11) is 0. The normalized spacial score (nSPS) is 13.6. The van der Waals surface area contributed by atoms with Crippen LogP contribution in [0.5, 0.6) is 0 Å². The number of aliphatic carboxylic acids is 1. The van der Waals surface area contributed by atoms with Gasteiger partial charge in [0.15, 0.2) is 0 Å². The molecule has 0 fully saturated rings. The number of hydrogen-bond donors (Lipinski definition) is 1. The van der Waals surface area contributed by atoms with Gasteiger partial charge in [0.25, 0.3) is 0 Å². The largest absolute Gasteiger partial charge is 0.477 e. The van der Waals surface area contributed by atoms with Crippen molar-refractivity contribution in [3.05, 3.63) is 30.2 Å². The molecule has 2 aromatic rings. The van der Waals surface area contributed by atoms with Gasteiger partial charge >= 0.3 is 5.97 Å². The number of pyridine rings is 2. The first-order valence-electron chi connectivity index (χ1n) is 4.78. The molecule has 0 bridgehead atoms. The third-order valence-electron chi connectivity index (χ3n) is 2.61. The third kappa shape index (κ3) is 1.18. The van der Waals surface area contributed by atoms with Gasteiger partial charge in [0.1, 0.15) is 5.71 Å². The minimum Gasteiger partial charge on any atom is -0.477 e. The van der Waals surface area contributed by atoms with Crippen molar-refractivity contribution in [2.45, 2.75) is 6.42 Å². The summed E-state index contributed by atoms with van der Waals surface area (Å²) in [6.45, 7) is 0. The molecule has 0 spiro atoms. The van der Waals surface area contributed by atoms with Gasteiger partial charge < -0.3 is 5.11 Å². The molecule has 5 heteroatoms. The smallest absolute Gasteiger partial charge is 0.350 e. The molecular weight excluding hydrogens is 206 g/mol. The molecular formula is C11H7N3O2. The van der Waals surface area contributed by atoms with E-state index in [0.717, 1.165) is 16.5 Å². The average molecular weight is 213 g/mol. The summed E-state index contributed by atoms with van der Waals surface area (Å²) in [5.41, 5.74) is 2.50. The molecule has 0 aromatic carbocycles. The lowest BCUT2D eigenvalue weighted by Crippen LogP contribution is -2.12. The maximum Gasteiger partial charge on any atom is 0.350 e. The van der Waals surface area contributed by atoms with Crippen molar-refractivity contribution in [3.63, 3.8) is 0 Å². The van der Waals surface area contributed by atoms with Crippen LogP contribution in [0.1, 0.15) is 5.56 Å². The molecule has 3 heterocycles. The number of aromatic nitrogens is 2. The summed E-state index contributed by atoms with van der Waals surface area (Å²) in [6, 6.07) is 1.83. The van der Waals surface area contributed by atoms with Gasteiger partial charge in [0.05, 0.1) is 23.6 Å². The molecule has 1 aliphatic heterocycles. The summed E-state index contributed by atoms with van der Waals surface area (Å²) in [4.78, 5) is 23.0. The van der Waals surface area contributed by atoms with Crippen molar-refractivity contribution in [3.8, 4) is 0 Å². The molecule has 0 aliphatic carbocycles. The highest BCUT2D eigenvalue weighted by Gasteiger charge is 2.22. The lowest BCUT2D eigenvalue weighted by Gasteiger charge is -2.01. The minimum absolute atomic E-state index is 0.168. The van der Waals surface area contributed by atoms with Crippen LogP contribution >= 0.6 is 0 Å². The first kappa shape index (κ1) is 8.96. The molecule has 0 saturated carbocycles. The van der Waals surface area contributed by atoms with Crippen LogP contribution in [0.2, 0.25) is 0 Å². The minimum atomic E-state index is -0.974. The molecule has 0 amide bonds. The molecule has 3 rings (SSSR count). The van der Waals surface area contributed by atoms with Crippen LogP contribution in [0.4, 0.5) is 5.69 Å². The number of aliphatic imine (C=N–C) groups is 1. The summed E-state index contributed by atoms with van der Waals surface area (Å²) < 4.78 is 0. The molecule has 1 N–H and O–H groups in total. The zero-order valence-electron chi connectivity index (χ0n) is 8.21. The summed E-state index contributed by atoms with van der Waals surface area (Å²) in [6.07, 6.45) is 5.28. The second-order valence-corrected chi connectivity index (χ2v) is 3.56. The number of fused-ring (bicyclic) bond motifs is 3. The zero-order chi connectivity index (χ0) is 11.1. The molecule has 5 nitrogen and oxygen atoms in total. The van der Waals surface area contributed by atoms with Crippen LogP contribution in [0, 0.1) is 0 Å². The van der Waals surface area contributed by atoms with Gasteiger partial charge in [-0.2, -0.15) is 0 Å². The molecule has 0 unspecified atom stereocenters. The monoisotopic (exact) mass is 213 g/mol. The standard InChI is InChI=1S/C11H7N3O2/c15-11(16)8-3-7-6-1-2-12-4-9(6)13-5-10(7)14-8/h1-2,4-5H,3H2,(H,15,16). The van der Waals surface area contributed by atoms with E-state index in [1.807, 2.05) is 6.07 Å². The van der Waals surface area contributed by atoms with Gasteiger partial charge in [-0.1, -0.05) is 0 Å². The van der Waals surface area contributed by atoms with Gasteiger partial charge in [-0.05, 0) is 11.6 Å². The van der Waals surface area contributed by atoms with Crippen molar-refractivity contribution in [2.24, 2.45) is 4.99 Å². The Labute approximate surface area is 90.5 Å². The van der Waals surface area contributed by atoms with Crippen molar-refractivity contribution >= 4 is 28.3 Å². The Hall–Kier alpha value is -2.30. The van der Waals surface area contributed by atoms with Crippen LogP contribution in [0.25, 0.3) is 10.9 Å². The Kier molecular flexibility index (Phi) is 1.73. The maximum atomic E-state index is 10.8. The van der Waals surface area contributed by atoms with Gasteiger partial charge in [-0.15, -0.1) is 0 Å². The van der Waals surface area contributed by atoms with Crippen LogP contribution in [0.3, 0.4) is 0 Å². The summed E-state index contributed by atoms with van der Waals surface area (Å²) in [5.74, 6) is -0.974. The Balaban J connectivity index is 2.23. The molecule has 0 saturated heterocycles. The Morgan fingerprint density at radius 3 is 3.06 bits per heavy atom. The molecule has 1 aliphatic rings. The predicted molar refractivity (Wildman–Crippen MR) is 58.0 cm³/mol. The first-order chi connectivity index (χ1) is 7.75. The van der Waals surface area contributed by atoms with Crippen molar-refractivity contribution in [2.75, 3.05) is 0 Å². The summed E-state index contributed by atoms with van der Waals surface area (Å²) >= 11 is 0. The van der Waals surface area contributed by atoms with Gasteiger partial charge in [0.2, 0.25) is 0 Å². The number of nitrogens with zero attached hydrogens (tertiary/aromatic N) is 3. The second-order valence-electron chi connectivity index (χ2n) is 3.56. The molecule has 16 heavy (non-hydrogen) atoms. The lowest BCUT2D eigenvalue weighted by molar-refractivity contribution is -0.129. The van der Waals surface area contributed by atoms with E-state index in [0.29, 0.717) is 12.1 Å². The zero-order valence-corrected chi connectivity index (χ0v) is 8.21. The van der Waals surface area contributed by atoms with E-state index < -0.39 is 5.97 Å². The quantitative estimate of drug-likeness (QED) is 0.775. The fraction of sp³-hybridized carbons (Fsp3) is 0.0909. The topological polar surface area (TPSA) is 75.4 Å². The molecule has 0 atom stereocenters. The van der Waals surface area contributed by atoms with Crippen molar-refractivity contribution in [1.29, 1.82) is 0 Å². The average Bonchev–Trinajstić information content (AvgIpc) is 2.73. The van der Waals surface area contributed by atoms with Gasteiger partial charge in [-0.25, -0.2) is 9.79 Å². The Morgan fingerprint density at radius 2 is 2.25 bits per heavy atom. The maximum absolute atomic E-state index is 10.8. The number of carboxylic acid groups (broad SMARTS) is 1. The first-order valence-corrected chi connectivity index (χ1v) is 4.78. The third-order valence-corrected chi connectivity index (χ3v) is 2.61. The fourth-order valence-corrected chi connectivity index (χ4v) is 1.85. The number of hydrogen-bond acceptors (Lipinski definition) is 4. The highest BCUT2D eigenvalue weighted by atomic mass is 16.4. The van der Waals surface area contributed by atoms with E-state index in [2.05, 4.69) is 15.0 Å². The molecule has 0 radical (unpaired) electrons. The van der Waals surface area contributed by atoms with E-state index in [9.17, 15) is 4.79 Å². The summed E-state index contributed by atoms with van der Waals surface area (Å²) in [5, 5.41) is 9.82. The Morgan fingerprint density at radius 1 is 1.38 bits per heavy atom. The predicted octanol–water partition coefficient (Wildman–Crippen LogP) is 1.34. The molecule has 2 aromatic heterocycles. The van der Waals surface area contributed by atoms with E-state index in [4.69, 9.17) is 5.11 Å². The van der Waals surface area contributed by atoms with Gasteiger partial charge in [-0.3, -0.25) is 9.97 Å². The van der Waals surface area contributed by atoms with E-state index in [1.165, 1.54) is 0 Å². The van der Waals surface area contributed by atoms with E-state index in [-0.39, 0.29) is 5.71 Å². The number of rotatable bonds is 1. The highest BCUT2D eigenvalue weighted by molar-refractivity contribution is 6.38.